The van der Waals surface area contributed by atoms with Gasteiger partial charge in [0.15, 0.2) is 0 Å². The third-order valence-corrected chi connectivity index (χ3v) is 5.13. The molecule has 4 aromatic rings. The lowest BCUT2D eigenvalue weighted by Crippen LogP contribution is -2.41. The van der Waals surface area contributed by atoms with Crippen LogP contribution in [-0.4, -0.2) is 26.9 Å². The summed E-state index contributed by atoms with van der Waals surface area (Å²) in [5.74, 6) is -0.304. The Hall–Kier alpha value is -3.80. The van der Waals surface area contributed by atoms with E-state index < -0.39 is 0 Å². The number of benzene rings is 3. The number of carbonyl (C=O) groups is 1. The van der Waals surface area contributed by atoms with Crippen molar-refractivity contribution in [2.45, 2.75) is 25.4 Å². The zero-order chi connectivity index (χ0) is 20.9. The van der Waals surface area contributed by atoms with Crippen LogP contribution in [0.3, 0.4) is 0 Å². The van der Waals surface area contributed by atoms with Gasteiger partial charge >= 0.3 is 0 Å². The fourth-order valence-corrected chi connectivity index (χ4v) is 3.74. The molecule has 6 nitrogen and oxygen atoms in total. The molecule has 0 bridgehead atoms. The normalized spacial score (nSPS) is 12.1. The topological polar surface area (TPSA) is 76.9 Å². The van der Waals surface area contributed by atoms with Crippen LogP contribution in [0, 0.1) is 0 Å². The number of rotatable bonds is 6. The van der Waals surface area contributed by atoms with Crippen molar-refractivity contribution in [1.29, 1.82) is 0 Å². The van der Waals surface area contributed by atoms with E-state index in [0.717, 1.165) is 15.8 Å². The summed E-state index contributed by atoms with van der Waals surface area (Å²) in [6.45, 7) is 1.79. The highest BCUT2D eigenvalue weighted by molar-refractivity contribution is 5.78. The lowest BCUT2D eigenvalue weighted by atomic mass is 9.86. The Morgan fingerprint density at radius 3 is 2.10 bits per heavy atom. The first-order valence-electron chi connectivity index (χ1n) is 9.85. The highest BCUT2D eigenvalue weighted by atomic mass is 16.2. The quantitative estimate of drug-likeness (QED) is 0.541. The van der Waals surface area contributed by atoms with Crippen molar-refractivity contribution < 1.29 is 4.79 Å². The molecule has 0 spiro atoms. The fraction of sp³-hybridized carbons (Fsp3) is 0.167. The van der Waals surface area contributed by atoms with Crippen LogP contribution in [0.1, 0.15) is 24.0 Å². The molecule has 3 aromatic carbocycles. The van der Waals surface area contributed by atoms with E-state index >= 15 is 0 Å². The van der Waals surface area contributed by atoms with Gasteiger partial charge in [-0.1, -0.05) is 78.0 Å². The van der Waals surface area contributed by atoms with Gasteiger partial charge in [-0.3, -0.25) is 9.59 Å². The Kier molecular flexibility index (Phi) is 5.66. The van der Waals surface area contributed by atoms with Gasteiger partial charge in [-0.25, -0.2) is 4.68 Å². The van der Waals surface area contributed by atoms with Crippen molar-refractivity contribution in [2.24, 2.45) is 0 Å². The number of fused-ring (bicyclic) bond motifs is 1. The zero-order valence-corrected chi connectivity index (χ0v) is 16.6. The predicted molar refractivity (Wildman–Crippen MR) is 116 cm³/mol. The van der Waals surface area contributed by atoms with Crippen molar-refractivity contribution >= 4 is 16.8 Å². The van der Waals surface area contributed by atoms with Crippen LogP contribution in [0.5, 0.6) is 0 Å². The average molecular weight is 398 g/mol. The van der Waals surface area contributed by atoms with Crippen LogP contribution >= 0.6 is 0 Å². The maximum absolute atomic E-state index is 12.7. The molecule has 1 heterocycles. The second-order valence-electron chi connectivity index (χ2n) is 7.22. The maximum Gasteiger partial charge on any atom is 0.278 e. The molecule has 0 aliphatic rings. The minimum atomic E-state index is -0.328. The van der Waals surface area contributed by atoms with Crippen molar-refractivity contribution in [2.75, 3.05) is 0 Å². The largest absolute Gasteiger partial charge is 0.351 e. The van der Waals surface area contributed by atoms with Crippen molar-refractivity contribution in [3.63, 3.8) is 0 Å². The molecule has 6 heteroatoms. The molecule has 0 aliphatic heterocycles. The molecule has 150 valence electrons. The van der Waals surface area contributed by atoms with Gasteiger partial charge in [0.2, 0.25) is 5.91 Å². The Morgan fingerprint density at radius 2 is 1.47 bits per heavy atom. The Bertz CT molecular complexity index is 1170. The molecule has 4 rings (SSSR count). The second-order valence-corrected chi connectivity index (χ2v) is 7.22. The minimum Gasteiger partial charge on any atom is -0.351 e. The lowest BCUT2D eigenvalue weighted by Gasteiger charge is -2.26. The smallest absolute Gasteiger partial charge is 0.278 e. The molecular formula is C24H22N4O2. The predicted octanol–water partition coefficient (Wildman–Crippen LogP) is 3.13. The maximum atomic E-state index is 12.7. The molecule has 0 aliphatic carbocycles. The molecule has 0 saturated heterocycles. The molecule has 1 unspecified atom stereocenters. The van der Waals surface area contributed by atoms with E-state index in [-0.39, 0.29) is 30.0 Å². The lowest BCUT2D eigenvalue weighted by molar-refractivity contribution is -0.122. The first-order chi connectivity index (χ1) is 14.6. The van der Waals surface area contributed by atoms with Crippen molar-refractivity contribution in [1.82, 2.24) is 20.3 Å². The molecule has 1 N–H and O–H groups in total. The number of amides is 1. The summed E-state index contributed by atoms with van der Waals surface area (Å²) >= 11 is 0. The van der Waals surface area contributed by atoms with E-state index in [2.05, 4.69) is 39.9 Å². The van der Waals surface area contributed by atoms with E-state index in [1.165, 1.54) is 0 Å². The summed E-state index contributed by atoms with van der Waals surface area (Å²) in [7, 11) is 0. The SMILES string of the molecule is CC(NC(=O)Cn1nnc2ccccc2c1=O)C(c1ccccc1)c1ccccc1. The summed E-state index contributed by atoms with van der Waals surface area (Å²) in [6, 6.07) is 26.9. The molecule has 1 atom stereocenters. The van der Waals surface area contributed by atoms with Crippen molar-refractivity contribution in [3.05, 3.63) is 106 Å². The van der Waals surface area contributed by atoms with Gasteiger partial charge in [0.25, 0.3) is 5.56 Å². The van der Waals surface area contributed by atoms with E-state index in [1.807, 2.05) is 43.3 Å². The summed E-state index contributed by atoms with van der Waals surface area (Å²) in [4.78, 5) is 25.3. The van der Waals surface area contributed by atoms with Gasteiger partial charge in [-0.2, -0.15) is 0 Å². The number of carbonyl (C=O) groups excluding carboxylic acids is 1. The van der Waals surface area contributed by atoms with Gasteiger partial charge in [-0.05, 0) is 30.2 Å². The monoisotopic (exact) mass is 398 g/mol. The Balaban J connectivity index is 1.56. The molecule has 0 fully saturated rings. The summed E-state index contributed by atoms with van der Waals surface area (Å²) in [5, 5.41) is 11.4. The Morgan fingerprint density at radius 1 is 0.900 bits per heavy atom. The third-order valence-electron chi connectivity index (χ3n) is 5.13. The van der Waals surface area contributed by atoms with Crippen LogP contribution in [0.15, 0.2) is 89.7 Å². The third kappa shape index (κ3) is 4.12. The highest BCUT2D eigenvalue weighted by Gasteiger charge is 2.23. The number of nitrogens with one attached hydrogen (secondary N) is 1. The molecule has 1 aromatic heterocycles. The summed E-state index contributed by atoms with van der Waals surface area (Å²) in [5.41, 5.74) is 2.41. The second kappa shape index (κ2) is 8.69. The number of hydrogen-bond donors (Lipinski definition) is 1. The standard InChI is InChI=1S/C24H22N4O2/c1-17(23(18-10-4-2-5-11-18)19-12-6-3-7-13-19)25-22(29)16-28-24(30)20-14-8-9-15-21(20)26-27-28/h2-15,17,23H,16H2,1H3,(H,25,29). The van der Waals surface area contributed by atoms with Gasteiger partial charge in [0.05, 0.1) is 5.39 Å². The van der Waals surface area contributed by atoms with Crippen LogP contribution in [0.2, 0.25) is 0 Å². The van der Waals surface area contributed by atoms with Crippen LogP contribution < -0.4 is 10.9 Å². The Labute approximate surface area is 174 Å². The van der Waals surface area contributed by atoms with Gasteiger partial charge < -0.3 is 5.32 Å². The number of nitrogens with zero attached hydrogens (tertiary/aromatic N) is 3. The first-order valence-corrected chi connectivity index (χ1v) is 9.85. The van der Waals surface area contributed by atoms with Crippen molar-refractivity contribution in [3.8, 4) is 0 Å². The highest BCUT2D eigenvalue weighted by Crippen LogP contribution is 2.27. The van der Waals surface area contributed by atoms with Crippen LogP contribution in [-0.2, 0) is 11.3 Å². The average Bonchev–Trinajstić information content (AvgIpc) is 2.77. The molecule has 30 heavy (non-hydrogen) atoms. The first kappa shape index (κ1) is 19.5. The number of aromatic nitrogens is 3. The zero-order valence-electron chi connectivity index (χ0n) is 16.6. The van der Waals surface area contributed by atoms with Crippen LogP contribution in [0.25, 0.3) is 10.9 Å². The van der Waals surface area contributed by atoms with Gasteiger partial charge in [0, 0.05) is 12.0 Å². The summed E-state index contributed by atoms with van der Waals surface area (Å²) < 4.78 is 1.10. The fourth-order valence-electron chi connectivity index (χ4n) is 3.74. The molecule has 0 saturated carbocycles. The van der Waals surface area contributed by atoms with Gasteiger partial charge in [0.1, 0.15) is 12.1 Å². The van der Waals surface area contributed by atoms with Gasteiger partial charge in [-0.15, -0.1) is 5.10 Å². The van der Waals surface area contributed by atoms with E-state index in [1.54, 1.807) is 24.3 Å². The van der Waals surface area contributed by atoms with E-state index in [4.69, 9.17) is 0 Å². The molecule has 0 radical (unpaired) electrons. The molecule has 1 amide bonds. The molecular weight excluding hydrogens is 376 g/mol. The number of hydrogen-bond acceptors (Lipinski definition) is 4. The summed E-state index contributed by atoms with van der Waals surface area (Å²) in [6.07, 6.45) is 0. The van der Waals surface area contributed by atoms with Crippen LogP contribution in [0.4, 0.5) is 0 Å². The minimum absolute atomic E-state index is 0.0178. The van der Waals surface area contributed by atoms with E-state index in [0.29, 0.717) is 10.9 Å². The van der Waals surface area contributed by atoms with E-state index in [9.17, 15) is 9.59 Å².